The number of nitrogens with one attached hydrogen (secondary N) is 1. The molecule has 1 heterocycles. The normalized spacial score (nSPS) is 9.57. The van der Waals surface area contributed by atoms with Crippen LogP contribution < -0.4 is 5.32 Å². The number of esters is 1. The fourth-order valence-corrected chi connectivity index (χ4v) is 1.54. The van der Waals surface area contributed by atoms with Crippen molar-refractivity contribution in [2.24, 2.45) is 0 Å². The number of amides is 1. The quantitative estimate of drug-likeness (QED) is 0.737. The molecule has 0 saturated heterocycles. The molecule has 0 atom stereocenters. The van der Waals surface area contributed by atoms with Gasteiger partial charge in [-0.2, -0.15) is 0 Å². The fourth-order valence-electron chi connectivity index (χ4n) is 0.825. The number of hydrogen-bond acceptors (Lipinski definition) is 5. The average Bonchev–Trinajstić information content (AvgIpc) is 2.60. The van der Waals surface area contributed by atoms with Crippen LogP contribution in [-0.2, 0) is 9.53 Å². The van der Waals surface area contributed by atoms with Crippen molar-refractivity contribution in [2.45, 2.75) is 6.92 Å². The summed E-state index contributed by atoms with van der Waals surface area (Å²) in [6.45, 7) is 1.62. The second-order valence-electron chi connectivity index (χ2n) is 2.53. The van der Waals surface area contributed by atoms with Gasteiger partial charge in [-0.15, -0.1) is 11.3 Å². The Kier molecular flexibility index (Phi) is 3.58. The third-order valence-corrected chi connectivity index (χ3v) is 2.50. The summed E-state index contributed by atoms with van der Waals surface area (Å²) in [7, 11) is 1.27. The van der Waals surface area contributed by atoms with Crippen LogP contribution in [0.3, 0.4) is 0 Å². The summed E-state index contributed by atoms with van der Waals surface area (Å²) in [4.78, 5) is 26.6. The van der Waals surface area contributed by atoms with E-state index in [9.17, 15) is 9.59 Å². The summed E-state index contributed by atoms with van der Waals surface area (Å²) in [6, 6.07) is 0. The van der Waals surface area contributed by atoms with E-state index in [1.54, 1.807) is 12.4 Å². The van der Waals surface area contributed by atoms with Gasteiger partial charge in [-0.25, -0.2) is 4.98 Å². The standard InChI is InChI=1S/C8H10N2O3S/c1-5-7(14-4-10-5)8(12)9-3-6(11)13-2/h4H,3H2,1-2H3,(H,9,12). The molecule has 0 bridgehead atoms. The van der Waals surface area contributed by atoms with Crippen LogP contribution in [0.1, 0.15) is 15.4 Å². The van der Waals surface area contributed by atoms with Crippen LogP contribution in [0, 0.1) is 6.92 Å². The van der Waals surface area contributed by atoms with Gasteiger partial charge in [0.1, 0.15) is 11.4 Å². The summed E-state index contributed by atoms with van der Waals surface area (Å²) in [5.41, 5.74) is 2.25. The zero-order valence-electron chi connectivity index (χ0n) is 7.86. The van der Waals surface area contributed by atoms with Gasteiger partial charge >= 0.3 is 5.97 Å². The maximum atomic E-state index is 11.4. The first-order chi connectivity index (χ1) is 6.65. The molecule has 0 aliphatic heterocycles. The molecule has 0 unspecified atom stereocenters. The Bertz CT molecular complexity index is 348. The summed E-state index contributed by atoms with van der Waals surface area (Å²) in [5, 5.41) is 2.43. The Labute approximate surface area is 85.1 Å². The van der Waals surface area contributed by atoms with Crippen molar-refractivity contribution in [3.63, 3.8) is 0 Å². The monoisotopic (exact) mass is 214 g/mol. The van der Waals surface area contributed by atoms with Crippen LogP contribution in [0.2, 0.25) is 0 Å². The highest BCUT2D eigenvalue weighted by Crippen LogP contribution is 2.11. The van der Waals surface area contributed by atoms with Crippen molar-refractivity contribution < 1.29 is 14.3 Å². The van der Waals surface area contributed by atoms with Crippen LogP contribution in [0.5, 0.6) is 0 Å². The maximum absolute atomic E-state index is 11.4. The Morgan fingerprint density at radius 3 is 2.86 bits per heavy atom. The highest BCUT2D eigenvalue weighted by molar-refractivity contribution is 7.11. The molecular weight excluding hydrogens is 204 g/mol. The van der Waals surface area contributed by atoms with Gasteiger partial charge in [0.15, 0.2) is 0 Å². The Hall–Kier alpha value is -1.43. The van der Waals surface area contributed by atoms with E-state index in [0.29, 0.717) is 10.6 Å². The summed E-state index contributed by atoms with van der Waals surface area (Å²) in [6.07, 6.45) is 0. The molecule has 1 aromatic heterocycles. The minimum Gasteiger partial charge on any atom is -0.468 e. The fraction of sp³-hybridized carbons (Fsp3) is 0.375. The van der Waals surface area contributed by atoms with Crippen molar-refractivity contribution in [1.82, 2.24) is 10.3 Å². The maximum Gasteiger partial charge on any atom is 0.325 e. The Morgan fingerprint density at radius 1 is 1.64 bits per heavy atom. The van der Waals surface area contributed by atoms with Gasteiger partial charge in [-0.3, -0.25) is 9.59 Å². The first-order valence-electron chi connectivity index (χ1n) is 3.90. The number of thiazole rings is 1. The molecule has 0 radical (unpaired) electrons. The molecule has 1 aromatic rings. The van der Waals surface area contributed by atoms with Gasteiger partial charge in [0, 0.05) is 0 Å². The number of aromatic nitrogens is 1. The van der Waals surface area contributed by atoms with Gasteiger partial charge in [-0.05, 0) is 6.92 Å². The largest absolute Gasteiger partial charge is 0.468 e. The summed E-state index contributed by atoms with van der Waals surface area (Å²) < 4.78 is 4.38. The van der Waals surface area contributed by atoms with E-state index in [0.717, 1.165) is 0 Å². The highest BCUT2D eigenvalue weighted by Gasteiger charge is 2.12. The second kappa shape index (κ2) is 4.71. The first kappa shape index (κ1) is 10.6. The average molecular weight is 214 g/mol. The molecule has 0 aliphatic rings. The Morgan fingerprint density at radius 2 is 2.36 bits per heavy atom. The van der Waals surface area contributed by atoms with Crippen LogP contribution in [0.15, 0.2) is 5.51 Å². The number of rotatable bonds is 3. The number of carbonyl (C=O) groups excluding carboxylic acids is 2. The third kappa shape index (κ3) is 2.53. The number of hydrogen-bond donors (Lipinski definition) is 1. The topological polar surface area (TPSA) is 68.3 Å². The van der Waals surface area contributed by atoms with Crippen molar-refractivity contribution in [2.75, 3.05) is 13.7 Å². The van der Waals surface area contributed by atoms with Gasteiger partial charge in [0.05, 0.1) is 18.3 Å². The molecule has 14 heavy (non-hydrogen) atoms. The molecule has 0 spiro atoms. The molecule has 0 saturated carbocycles. The lowest BCUT2D eigenvalue weighted by Crippen LogP contribution is -2.29. The predicted molar refractivity (Wildman–Crippen MR) is 51.2 cm³/mol. The minimum absolute atomic E-state index is 0.118. The predicted octanol–water partition coefficient (Wildman–Crippen LogP) is 0.354. The lowest BCUT2D eigenvalue weighted by molar-refractivity contribution is -0.139. The molecule has 6 heteroatoms. The second-order valence-corrected chi connectivity index (χ2v) is 3.38. The van der Waals surface area contributed by atoms with Crippen LogP contribution in [0.25, 0.3) is 0 Å². The SMILES string of the molecule is COC(=O)CNC(=O)c1scnc1C. The van der Waals surface area contributed by atoms with Crippen LogP contribution >= 0.6 is 11.3 Å². The van der Waals surface area contributed by atoms with Crippen molar-refractivity contribution >= 4 is 23.2 Å². The van der Waals surface area contributed by atoms with Crippen LogP contribution in [-0.4, -0.2) is 30.5 Å². The number of aryl methyl sites for hydroxylation is 1. The third-order valence-electron chi connectivity index (χ3n) is 1.57. The molecule has 1 rings (SSSR count). The molecule has 5 nitrogen and oxygen atoms in total. The van der Waals surface area contributed by atoms with Gasteiger partial charge in [0.2, 0.25) is 0 Å². The molecule has 0 aliphatic carbocycles. The van der Waals surface area contributed by atoms with Crippen LogP contribution in [0.4, 0.5) is 0 Å². The van der Waals surface area contributed by atoms with Crippen molar-refractivity contribution in [3.05, 3.63) is 16.1 Å². The lowest BCUT2D eigenvalue weighted by Gasteiger charge is -2.01. The number of ether oxygens (including phenoxy) is 1. The highest BCUT2D eigenvalue weighted by atomic mass is 32.1. The molecule has 0 fully saturated rings. The van der Waals surface area contributed by atoms with E-state index in [2.05, 4.69) is 15.0 Å². The smallest absolute Gasteiger partial charge is 0.325 e. The molecule has 1 amide bonds. The molecule has 76 valence electrons. The van der Waals surface area contributed by atoms with E-state index < -0.39 is 5.97 Å². The first-order valence-corrected chi connectivity index (χ1v) is 4.78. The zero-order valence-corrected chi connectivity index (χ0v) is 8.68. The van der Waals surface area contributed by atoms with Gasteiger partial charge in [-0.1, -0.05) is 0 Å². The van der Waals surface area contributed by atoms with Gasteiger partial charge < -0.3 is 10.1 Å². The minimum atomic E-state index is -0.472. The van der Waals surface area contributed by atoms with E-state index in [-0.39, 0.29) is 12.5 Å². The van der Waals surface area contributed by atoms with Crippen molar-refractivity contribution in [3.8, 4) is 0 Å². The van der Waals surface area contributed by atoms with E-state index in [1.807, 2.05) is 0 Å². The molecule has 1 N–H and O–H groups in total. The molecular formula is C8H10N2O3S. The summed E-state index contributed by atoms with van der Waals surface area (Å²) in [5.74, 6) is -0.768. The number of methoxy groups -OCH3 is 1. The van der Waals surface area contributed by atoms with E-state index >= 15 is 0 Å². The number of nitrogens with zero attached hydrogens (tertiary/aromatic N) is 1. The van der Waals surface area contributed by atoms with Crippen molar-refractivity contribution in [1.29, 1.82) is 0 Å². The lowest BCUT2D eigenvalue weighted by atomic mass is 10.4. The number of carbonyl (C=O) groups is 2. The van der Waals surface area contributed by atoms with E-state index in [4.69, 9.17) is 0 Å². The molecule has 0 aromatic carbocycles. The van der Waals surface area contributed by atoms with Gasteiger partial charge in [0.25, 0.3) is 5.91 Å². The van der Waals surface area contributed by atoms with E-state index in [1.165, 1.54) is 18.4 Å². The Balaban J connectivity index is 2.52. The summed E-state index contributed by atoms with van der Waals surface area (Å²) >= 11 is 1.24. The zero-order chi connectivity index (χ0) is 10.6.